The number of hydrogen-bond acceptors (Lipinski definition) is 5. The highest BCUT2D eigenvalue weighted by atomic mass is 35.5. The molecule has 0 aliphatic rings. The molecule has 0 aliphatic carbocycles. The first-order valence-electron chi connectivity index (χ1n) is 5.71. The molecule has 1 aromatic heterocycles. The lowest BCUT2D eigenvalue weighted by Gasteiger charge is -2.22. The zero-order valence-corrected chi connectivity index (χ0v) is 11.6. The molecule has 0 radical (unpaired) electrons. The second-order valence-electron chi connectivity index (χ2n) is 3.85. The van der Waals surface area contributed by atoms with Crippen LogP contribution >= 0.6 is 11.6 Å². The molecule has 0 aliphatic heterocycles. The maximum Gasteiger partial charge on any atom is 0.406 e. The molecule has 0 bridgehead atoms. The molecule has 9 heteroatoms. The molecule has 0 aromatic carbocycles. The summed E-state index contributed by atoms with van der Waals surface area (Å²) in [6, 6.07) is 0. The van der Waals surface area contributed by atoms with E-state index in [1.807, 2.05) is 13.8 Å². The fourth-order valence-corrected chi connectivity index (χ4v) is 1.64. The average Bonchev–Trinajstić information content (AvgIpc) is 2.27. The van der Waals surface area contributed by atoms with Crippen molar-refractivity contribution in [2.45, 2.75) is 20.0 Å². The minimum atomic E-state index is -4.33. The highest BCUT2D eigenvalue weighted by Gasteiger charge is 2.30. The molecule has 1 heterocycles. The lowest BCUT2D eigenvalue weighted by molar-refractivity contribution is -0.119. The van der Waals surface area contributed by atoms with Gasteiger partial charge in [0.25, 0.3) is 0 Å². The first kappa shape index (κ1) is 15.7. The van der Waals surface area contributed by atoms with Crippen molar-refractivity contribution in [1.82, 2.24) is 15.0 Å². The smallest absolute Gasteiger partial charge is 0.341 e. The minimum Gasteiger partial charge on any atom is -0.341 e. The molecule has 0 unspecified atom stereocenters. The summed E-state index contributed by atoms with van der Waals surface area (Å²) < 4.78 is 37.0. The summed E-state index contributed by atoms with van der Waals surface area (Å²) in [7, 11) is 1.26. The van der Waals surface area contributed by atoms with Crippen LogP contribution in [-0.4, -0.2) is 47.8 Å². The van der Waals surface area contributed by atoms with Gasteiger partial charge in [-0.05, 0) is 25.4 Å². The van der Waals surface area contributed by atoms with Gasteiger partial charge in [0.1, 0.15) is 6.54 Å². The Bertz CT molecular complexity index is 422. The second kappa shape index (κ2) is 6.23. The standard InChI is InChI=1S/C10H15ClF3N5/c1-4-19(5-2)9-16-7(11)15-8(17-9)18(3)6-10(12,13)14/h4-6H2,1-3H3. The van der Waals surface area contributed by atoms with E-state index < -0.39 is 12.7 Å². The molecule has 1 rings (SSSR count). The number of rotatable bonds is 5. The molecular formula is C10H15ClF3N5. The number of alkyl halides is 3. The summed E-state index contributed by atoms with van der Waals surface area (Å²) in [4.78, 5) is 14.3. The van der Waals surface area contributed by atoms with Crippen LogP contribution in [0.5, 0.6) is 0 Å². The van der Waals surface area contributed by atoms with Crippen molar-refractivity contribution < 1.29 is 13.2 Å². The third kappa shape index (κ3) is 4.70. The maximum atomic E-state index is 12.3. The molecule has 5 nitrogen and oxygen atoms in total. The Morgan fingerprint density at radius 2 is 1.58 bits per heavy atom. The van der Waals surface area contributed by atoms with Crippen LogP contribution in [0.1, 0.15) is 13.8 Å². The van der Waals surface area contributed by atoms with Gasteiger partial charge in [0.2, 0.25) is 17.2 Å². The molecule has 19 heavy (non-hydrogen) atoms. The first-order chi connectivity index (χ1) is 8.76. The predicted octanol–water partition coefficient (Wildman–Crippen LogP) is 2.37. The van der Waals surface area contributed by atoms with Crippen LogP contribution in [0.4, 0.5) is 25.1 Å². The quantitative estimate of drug-likeness (QED) is 0.835. The maximum absolute atomic E-state index is 12.3. The van der Waals surface area contributed by atoms with Crippen LogP contribution in [0.25, 0.3) is 0 Å². The van der Waals surface area contributed by atoms with Crippen LogP contribution in [-0.2, 0) is 0 Å². The van der Waals surface area contributed by atoms with E-state index in [4.69, 9.17) is 11.6 Å². The fraction of sp³-hybridized carbons (Fsp3) is 0.700. The van der Waals surface area contributed by atoms with E-state index in [0.717, 1.165) is 4.90 Å². The van der Waals surface area contributed by atoms with Crippen molar-refractivity contribution in [3.05, 3.63) is 5.28 Å². The monoisotopic (exact) mass is 297 g/mol. The van der Waals surface area contributed by atoms with Crippen molar-refractivity contribution in [3.63, 3.8) is 0 Å². The Hall–Kier alpha value is -1.31. The van der Waals surface area contributed by atoms with Gasteiger partial charge >= 0.3 is 6.18 Å². The molecule has 0 spiro atoms. The number of halogens is 4. The molecule has 1 aromatic rings. The second-order valence-corrected chi connectivity index (χ2v) is 4.19. The molecule has 0 saturated carbocycles. The van der Waals surface area contributed by atoms with E-state index in [9.17, 15) is 13.2 Å². The Labute approximate surface area is 114 Å². The largest absolute Gasteiger partial charge is 0.406 e. The van der Waals surface area contributed by atoms with Crippen LogP contribution < -0.4 is 9.80 Å². The molecule has 0 fully saturated rings. The molecule has 0 saturated heterocycles. The summed E-state index contributed by atoms with van der Waals surface area (Å²) >= 11 is 5.73. The van der Waals surface area contributed by atoms with E-state index in [1.165, 1.54) is 7.05 Å². The van der Waals surface area contributed by atoms with Crippen molar-refractivity contribution in [2.24, 2.45) is 0 Å². The van der Waals surface area contributed by atoms with E-state index in [0.29, 0.717) is 13.1 Å². The average molecular weight is 298 g/mol. The third-order valence-corrected chi connectivity index (χ3v) is 2.56. The van der Waals surface area contributed by atoms with E-state index >= 15 is 0 Å². The normalized spacial score (nSPS) is 11.5. The number of aromatic nitrogens is 3. The summed E-state index contributed by atoms with van der Waals surface area (Å²) in [5.41, 5.74) is 0. The molecular weight excluding hydrogens is 283 g/mol. The van der Waals surface area contributed by atoms with E-state index in [2.05, 4.69) is 15.0 Å². The van der Waals surface area contributed by atoms with Crippen LogP contribution in [0, 0.1) is 0 Å². The Morgan fingerprint density at radius 3 is 2.05 bits per heavy atom. The van der Waals surface area contributed by atoms with Crippen LogP contribution in [0.15, 0.2) is 0 Å². The minimum absolute atomic E-state index is 0.0979. The summed E-state index contributed by atoms with van der Waals surface area (Å²) in [6.07, 6.45) is -4.33. The zero-order chi connectivity index (χ0) is 14.6. The number of hydrogen-bond donors (Lipinski definition) is 0. The highest BCUT2D eigenvalue weighted by Crippen LogP contribution is 2.20. The molecule has 108 valence electrons. The first-order valence-corrected chi connectivity index (χ1v) is 6.09. The SMILES string of the molecule is CCN(CC)c1nc(Cl)nc(N(C)CC(F)(F)F)n1. The molecule has 0 N–H and O–H groups in total. The van der Waals surface area contributed by atoms with Gasteiger partial charge in [-0.1, -0.05) is 0 Å². The van der Waals surface area contributed by atoms with Gasteiger partial charge in [-0.2, -0.15) is 28.1 Å². The summed E-state index contributed by atoms with van der Waals surface area (Å²) in [6.45, 7) is 3.88. The van der Waals surface area contributed by atoms with Crippen molar-refractivity contribution in [3.8, 4) is 0 Å². The Kier molecular flexibility index (Phi) is 5.16. The third-order valence-electron chi connectivity index (χ3n) is 2.39. The van der Waals surface area contributed by atoms with Gasteiger partial charge < -0.3 is 9.80 Å². The summed E-state index contributed by atoms with van der Waals surface area (Å²) in [5, 5.41) is -0.124. The van der Waals surface area contributed by atoms with Crippen molar-refractivity contribution in [2.75, 3.05) is 36.5 Å². The van der Waals surface area contributed by atoms with Crippen LogP contribution in [0.3, 0.4) is 0 Å². The summed E-state index contributed by atoms with van der Waals surface area (Å²) in [5.74, 6) is 0.174. The zero-order valence-electron chi connectivity index (χ0n) is 10.9. The van der Waals surface area contributed by atoms with Gasteiger partial charge in [-0.3, -0.25) is 0 Å². The lowest BCUT2D eigenvalue weighted by Crippen LogP contribution is -2.33. The van der Waals surface area contributed by atoms with Crippen molar-refractivity contribution >= 4 is 23.5 Å². The van der Waals surface area contributed by atoms with Gasteiger partial charge in [0.05, 0.1) is 0 Å². The fourth-order valence-electron chi connectivity index (χ4n) is 1.49. The van der Waals surface area contributed by atoms with Gasteiger partial charge in [0.15, 0.2) is 0 Å². The predicted molar refractivity (Wildman–Crippen MR) is 67.7 cm³/mol. The van der Waals surface area contributed by atoms with Crippen LogP contribution in [0.2, 0.25) is 5.28 Å². The van der Waals surface area contributed by atoms with E-state index in [-0.39, 0.29) is 17.2 Å². The highest BCUT2D eigenvalue weighted by molar-refractivity contribution is 6.28. The molecule has 0 atom stereocenters. The number of anilines is 2. The number of nitrogens with zero attached hydrogens (tertiary/aromatic N) is 5. The van der Waals surface area contributed by atoms with E-state index in [1.54, 1.807) is 4.90 Å². The van der Waals surface area contributed by atoms with Gasteiger partial charge in [-0.25, -0.2) is 0 Å². The Morgan fingerprint density at radius 1 is 1.05 bits per heavy atom. The topological polar surface area (TPSA) is 45.2 Å². The van der Waals surface area contributed by atoms with Gasteiger partial charge in [-0.15, -0.1) is 0 Å². The molecule has 0 amide bonds. The van der Waals surface area contributed by atoms with Gasteiger partial charge in [0, 0.05) is 20.1 Å². The lowest BCUT2D eigenvalue weighted by atomic mass is 10.5. The van der Waals surface area contributed by atoms with Crippen molar-refractivity contribution in [1.29, 1.82) is 0 Å². The Balaban J connectivity index is 3.02.